The number of rotatable bonds is 3. The lowest BCUT2D eigenvalue weighted by Gasteiger charge is -2.40. The first-order valence-corrected chi connectivity index (χ1v) is 8.05. The van der Waals surface area contributed by atoms with E-state index >= 15 is 0 Å². The van der Waals surface area contributed by atoms with Crippen molar-refractivity contribution in [1.82, 2.24) is 10.9 Å². The third kappa shape index (κ3) is 2.95. The summed E-state index contributed by atoms with van der Waals surface area (Å²) in [6, 6.07) is 13.3. The molecule has 2 aromatic carbocycles. The molecule has 0 aliphatic heterocycles. The van der Waals surface area contributed by atoms with Crippen LogP contribution >= 0.6 is 11.6 Å². The molecule has 0 heterocycles. The number of carbonyl (C=O) groups excluding carboxylic acids is 2. The minimum absolute atomic E-state index is 0.104. The van der Waals surface area contributed by atoms with Crippen molar-refractivity contribution in [3.05, 3.63) is 64.7 Å². The van der Waals surface area contributed by atoms with Crippen molar-refractivity contribution in [2.24, 2.45) is 0 Å². The van der Waals surface area contributed by atoms with Gasteiger partial charge in [0.25, 0.3) is 5.91 Å². The van der Waals surface area contributed by atoms with Crippen LogP contribution in [-0.4, -0.2) is 16.9 Å². The maximum absolute atomic E-state index is 12.6. The van der Waals surface area contributed by atoms with Crippen molar-refractivity contribution in [3.8, 4) is 5.75 Å². The summed E-state index contributed by atoms with van der Waals surface area (Å²) in [5, 5.41) is 10.3. The molecule has 2 amide bonds. The number of para-hydroxylation sites is 1. The Morgan fingerprint density at radius 3 is 2.25 bits per heavy atom. The summed E-state index contributed by atoms with van der Waals surface area (Å²) in [7, 11) is 0. The minimum Gasteiger partial charge on any atom is -0.507 e. The average molecular weight is 345 g/mol. The van der Waals surface area contributed by atoms with Gasteiger partial charge in [-0.25, -0.2) is 0 Å². The van der Waals surface area contributed by atoms with Gasteiger partial charge < -0.3 is 5.11 Å². The number of hydrogen-bond donors (Lipinski definition) is 3. The summed E-state index contributed by atoms with van der Waals surface area (Å²) >= 11 is 5.91. The first-order chi connectivity index (χ1) is 11.5. The molecule has 5 nitrogen and oxygen atoms in total. The fraction of sp³-hybridized carbons (Fsp3) is 0.222. The smallest absolute Gasteiger partial charge is 0.273 e. The van der Waals surface area contributed by atoms with E-state index in [4.69, 9.17) is 11.6 Å². The highest BCUT2D eigenvalue weighted by molar-refractivity contribution is 6.30. The van der Waals surface area contributed by atoms with E-state index in [1.54, 1.807) is 24.3 Å². The molecule has 6 heteroatoms. The fourth-order valence-electron chi connectivity index (χ4n) is 2.91. The molecule has 0 atom stereocenters. The fourth-order valence-corrected chi connectivity index (χ4v) is 3.04. The highest BCUT2D eigenvalue weighted by Gasteiger charge is 2.45. The van der Waals surface area contributed by atoms with Crippen LogP contribution in [0.3, 0.4) is 0 Å². The van der Waals surface area contributed by atoms with Crippen LogP contribution in [0.25, 0.3) is 0 Å². The van der Waals surface area contributed by atoms with E-state index in [0.717, 1.165) is 12.0 Å². The summed E-state index contributed by atoms with van der Waals surface area (Å²) < 4.78 is 0. The molecule has 124 valence electrons. The second-order valence-electron chi connectivity index (χ2n) is 5.87. The normalized spacial score (nSPS) is 15.2. The van der Waals surface area contributed by atoms with Crippen molar-refractivity contribution >= 4 is 23.4 Å². The van der Waals surface area contributed by atoms with Gasteiger partial charge in [-0.15, -0.1) is 0 Å². The van der Waals surface area contributed by atoms with E-state index in [-0.39, 0.29) is 17.2 Å². The van der Waals surface area contributed by atoms with Gasteiger partial charge in [-0.2, -0.15) is 0 Å². The van der Waals surface area contributed by atoms with E-state index in [2.05, 4.69) is 10.9 Å². The van der Waals surface area contributed by atoms with Gasteiger partial charge in [-0.1, -0.05) is 42.3 Å². The average Bonchev–Trinajstić information content (AvgIpc) is 2.54. The number of carbonyl (C=O) groups is 2. The number of phenolic OH excluding ortho intramolecular Hbond substituents is 1. The van der Waals surface area contributed by atoms with E-state index in [1.165, 1.54) is 12.1 Å². The topological polar surface area (TPSA) is 78.4 Å². The number of phenols is 1. The molecule has 1 aliphatic rings. The Hall–Kier alpha value is -2.53. The second-order valence-corrected chi connectivity index (χ2v) is 6.30. The van der Waals surface area contributed by atoms with Gasteiger partial charge in [0.1, 0.15) is 5.75 Å². The Balaban J connectivity index is 1.71. The van der Waals surface area contributed by atoms with Crippen LogP contribution in [0.4, 0.5) is 0 Å². The maximum atomic E-state index is 12.6. The molecule has 1 saturated carbocycles. The van der Waals surface area contributed by atoms with E-state index in [9.17, 15) is 14.7 Å². The zero-order chi connectivity index (χ0) is 17.2. The number of nitrogens with one attached hydrogen (secondary N) is 2. The Morgan fingerprint density at radius 2 is 1.67 bits per heavy atom. The minimum atomic E-state index is -0.642. The molecule has 0 bridgehead atoms. The Kier molecular flexibility index (Phi) is 4.44. The van der Waals surface area contributed by atoms with Crippen LogP contribution < -0.4 is 10.9 Å². The lowest BCUT2D eigenvalue weighted by Crippen LogP contribution is -2.54. The molecule has 0 radical (unpaired) electrons. The summed E-state index contributed by atoms with van der Waals surface area (Å²) in [6.45, 7) is 0. The van der Waals surface area contributed by atoms with Gasteiger partial charge in [0.2, 0.25) is 5.91 Å². The van der Waals surface area contributed by atoms with Gasteiger partial charge in [-0.3, -0.25) is 20.4 Å². The number of hydrogen-bond acceptors (Lipinski definition) is 3. The largest absolute Gasteiger partial charge is 0.507 e. The lowest BCUT2D eigenvalue weighted by molar-refractivity contribution is -0.130. The molecule has 0 aromatic heterocycles. The van der Waals surface area contributed by atoms with Crippen molar-refractivity contribution < 1.29 is 14.7 Å². The molecule has 24 heavy (non-hydrogen) atoms. The second kappa shape index (κ2) is 6.53. The van der Waals surface area contributed by atoms with Crippen molar-refractivity contribution in [2.45, 2.75) is 24.7 Å². The Morgan fingerprint density at radius 1 is 1.00 bits per heavy atom. The van der Waals surface area contributed by atoms with Gasteiger partial charge in [0, 0.05) is 5.02 Å². The number of hydrazine groups is 1. The number of aromatic hydroxyl groups is 1. The predicted octanol–water partition coefficient (Wildman–Crippen LogP) is 2.93. The molecule has 0 saturated heterocycles. The molecule has 1 aliphatic carbocycles. The van der Waals surface area contributed by atoms with Crippen LogP contribution in [0.15, 0.2) is 48.5 Å². The van der Waals surface area contributed by atoms with Crippen molar-refractivity contribution in [2.75, 3.05) is 0 Å². The van der Waals surface area contributed by atoms with Gasteiger partial charge in [0.05, 0.1) is 11.0 Å². The third-order valence-electron chi connectivity index (χ3n) is 4.48. The van der Waals surface area contributed by atoms with E-state index in [0.29, 0.717) is 17.9 Å². The summed E-state index contributed by atoms with van der Waals surface area (Å²) in [5.74, 6) is -0.966. The molecule has 2 aromatic rings. The summed E-state index contributed by atoms with van der Waals surface area (Å²) in [5.41, 5.74) is 5.19. The Labute approximate surface area is 144 Å². The maximum Gasteiger partial charge on any atom is 0.273 e. The van der Waals surface area contributed by atoms with Gasteiger partial charge >= 0.3 is 0 Å². The molecule has 0 spiro atoms. The number of halogens is 1. The monoisotopic (exact) mass is 344 g/mol. The quantitative estimate of drug-likeness (QED) is 0.749. The highest BCUT2D eigenvalue weighted by Crippen LogP contribution is 2.44. The molecular formula is C18H17ClN2O3. The van der Waals surface area contributed by atoms with Crippen LogP contribution in [-0.2, 0) is 10.2 Å². The predicted molar refractivity (Wildman–Crippen MR) is 90.7 cm³/mol. The summed E-state index contributed by atoms with van der Waals surface area (Å²) in [6.07, 6.45) is 2.38. The van der Waals surface area contributed by atoms with Crippen LogP contribution in [0, 0.1) is 0 Å². The number of benzene rings is 2. The lowest BCUT2D eigenvalue weighted by atomic mass is 9.64. The third-order valence-corrected chi connectivity index (χ3v) is 4.73. The first kappa shape index (κ1) is 16.3. The van der Waals surface area contributed by atoms with Crippen LogP contribution in [0.5, 0.6) is 5.75 Å². The SMILES string of the molecule is O=C(NNC(=O)C1(c2ccc(Cl)cc2)CCC1)c1ccccc1O. The molecule has 3 rings (SSSR count). The molecular weight excluding hydrogens is 328 g/mol. The van der Waals surface area contributed by atoms with E-state index < -0.39 is 11.3 Å². The Bertz CT molecular complexity index is 770. The van der Waals surface area contributed by atoms with Crippen molar-refractivity contribution in [3.63, 3.8) is 0 Å². The zero-order valence-corrected chi connectivity index (χ0v) is 13.6. The van der Waals surface area contributed by atoms with Crippen LogP contribution in [0.2, 0.25) is 5.02 Å². The first-order valence-electron chi connectivity index (χ1n) is 7.68. The molecule has 1 fully saturated rings. The van der Waals surface area contributed by atoms with Crippen molar-refractivity contribution in [1.29, 1.82) is 0 Å². The number of amides is 2. The zero-order valence-electron chi connectivity index (χ0n) is 12.9. The summed E-state index contributed by atoms with van der Waals surface area (Å²) in [4.78, 5) is 24.7. The molecule has 3 N–H and O–H groups in total. The highest BCUT2D eigenvalue weighted by atomic mass is 35.5. The standard InChI is InChI=1S/C18H17ClN2O3/c19-13-8-6-12(7-9-13)18(10-3-11-18)17(24)21-20-16(23)14-4-1-2-5-15(14)22/h1-2,4-9,22H,3,10-11H2,(H,20,23)(H,21,24). The van der Waals surface area contributed by atoms with E-state index in [1.807, 2.05) is 12.1 Å². The van der Waals surface area contributed by atoms with Gasteiger partial charge in [0.15, 0.2) is 0 Å². The van der Waals surface area contributed by atoms with Crippen LogP contribution in [0.1, 0.15) is 35.2 Å². The molecule has 0 unspecified atom stereocenters. The van der Waals surface area contributed by atoms with Gasteiger partial charge in [-0.05, 0) is 42.7 Å².